The summed E-state index contributed by atoms with van der Waals surface area (Å²) in [4.78, 5) is 40.5. The molecular formula is C29H28F2N2O6. The zero-order valence-electron chi connectivity index (χ0n) is 21.3. The third-order valence-corrected chi connectivity index (χ3v) is 6.23. The minimum atomic E-state index is -1.20. The Hall–Kier alpha value is -4.31. The molecule has 0 saturated carbocycles. The summed E-state index contributed by atoms with van der Waals surface area (Å²) in [5.41, 5.74) is 0.907. The van der Waals surface area contributed by atoms with Crippen LogP contribution >= 0.6 is 0 Å². The number of carbonyl (C=O) groups is 3. The van der Waals surface area contributed by atoms with Gasteiger partial charge in [0.15, 0.2) is 6.61 Å². The number of halogens is 2. The fourth-order valence-electron chi connectivity index (χ4n) is 4.24. The van der Waals surface area contributed by atoms with Crippen molar-refractivity contribution in [3.63, 3.8) is 0 Å². The standard InChI is InChI=1S/C29H28F2N2O6/c1-37-29(36)20-6-4-19(5-7-20)27(28(35)32-17-25-3-2-16-38-25)33(23-12-8-21(30)9-13-23)26(34)18-39-24-14-10-22(31)11-15-24/h4-15,25,27H,2-3,16-18H2,1H3,(H,32,35). The first-order chi connectivity index (χ1) is 18.9. The molecule has 0 spiro atoms. The number of esters is 1. The second-order valence-electron chi connectivity index (χ2n) is 8.88. The van der Waals surface area contributed by atoms with Gasteiger partial charge in [0.1, 0.15) is 23.4 Å². The highest BCUT2D eigenvalue weighted by Crippen LogP contribution is 2.29. The van der Waals surface area contributed by atoms with Crippen LogP contribution in [0, 0.1) is 11.6 Å². The molecule has 1 aliphatic heterocycles. The summed E-state index contributed by atoms with van der Waals surface area (Å²) in [6, 6.07) is 15.1. The summed E-state index contributed by atoms with van der Waals surface area (Å²) >= 11 is 0. The molecule has 1 N–H and O–H groups in total. The lowest BCUT2D eigenvalue weighted by atomic mass is 10.0. The maximum absolute atomic E-state index is 13.8. The topological polar surface area (TPSA) is 94.2 Å². The first kappa shape index (κ1) is 27.7. The van der Waals surface area contributed by atoms with E-state index >= 15 is 0 Å². The third-order valence-electron chi connectivity index (χ3n) is 6.23. The van der Waals surface area contributed by atoms with Crippen LogP contribution in [0.1, 0.15) is 34.8 Å². The van der Waals surface area contributed by atoms with Crippen molar-refractivity contribution in [2.24, 2.45) is 0 Å². The van der Waals surface area contributed by atoms with E-state index in [4.69, 9.17) is 14.2 Å². The van der Waals surface area contributed by atoms with Gasteiger partial charge in [0.05, 0.1) is 18.8 Å². The quantitative estimate of drug-likeness (QED) is 0.389. The molecule has 2 amide bonds. The smallest absolute Gasteiger partial charge is 0.337 e. The van der Waals surface area contributed by atoms with Crippen LogP contribution < -0.4 is 15.0 Å². The van der Waals surface area contributed by atoms with Crippen molar-refractivity contribution in [1.29, 1.82) is 0 Å². The van der Waals surface area contributed by atoms with E-state index in [1.54, 1.807) is 12.1 Å². The third kappa shape index (κ3) is 7.17. The molecule has 3 aromatic rings. The minimum Gasteiger partial charge on any atom is -0.484 e. The van der Waals surface area contributed by atoms with Crippen molar-refractivity contribution in [3.8, 4) is 5.75 Å². The molecule has 39 heavy (non-hydrogen) atoms. The zero-order valence-corrected chi connectivity index (χ0v) is 21.3. The summed E-state index contributed by atoms with van der Waals surface area (Å²) < 4.78 is 43.0. The van der Waals surface area contributed by atoms with Crippen molar-refractivity contribution < 1.29 is 37.4 Å². The van der Waals surface area contributed by atoms with Gasteiger partial charge in [0.25, 0.3) is 5.91 Å². The molecule has 1 aliphatic rings. The Morgan fingerprint density at radius 2 is 1.62 bits per heavy atom. The predicted molar refractivity (Wildman–Crippen MR) is 138 cm³/mol. The van der Waals surface area contributed by atoms with Crippen molar-refractivity contribution in [2.75, 3.05) is 31.8 Å². The Balaban J connectivity index is 1.68. The highest BCUT2D eigenvalue weighted by molar-refractivity contribution is 6.02. The Bertz CT molecular complexity index is 1280. The van der Waals surface area contributed by atoms with Crippen LogP contribution in [0.5, 0.6) is 5.75 Å². The number of benzene rings is 3. The van der Waals surface area contributed by atoms with Gasteiger partial charge >= 0.3 is 5.97 Å². The molecule has 2 atom stereocenters. The maximum atomic E-state index is 13.8. The lowest BCUT2D eigenvalue weighted by molar-refractivity contribution is -0.127. The van der Waals surface area contributed by atoms with Crippen molar-refractivity contribution in [1.82, 2.24) is 5.32 Å². The van der Waals surface area contributed by atoms with Crippen molar-refractivity contribution in [2.45, 2.75) is 25.0 Å². The highest BCUT2D eigenvalue weighted by atomic mass is 19.1. The second-order valence-corrected chi connectivity index (χ2v) is 8.88. The number of carbonyl (C=O) groups excluding carboxylic acids is 3. The molecule has 2 unspecified atom stereocenters. The van der Waals surface area contributed by atoms with E-state index in [0.717, 1.165) is 12.8 Å². The molecule has 0 aromatic heterocycles. The predicted octanol–water partition coefficient (Wildman–Crippen LogP) is 4.20. The molecule has 0 aliphatic carbocycles. The maximum Gasteiger partial charge on any atom is 0.337 e. The molecule has 204 valence electrons. The highest BCUT2D eigenvalue weighted by Gasteiger charge is 2.34. The SMILES string of the molecule is COC(=O)c1ccc(C(C(=O)NCC2CCCO2)N(C(=O)COc2ccc(F)cc2)c2ccc(F)cc2)cc1. The van der Waals surface area contributed by atoms with Gasteiger partial charge in [-0.1, -0.05) is 12.1 Å². The molecule has 8 nitrogen and oxygen atoms in total. The Kier molecular flexibility index (Phi) is 9.22. The van der Waals surface area contributed by atoms with Gasteiger partial charge in [-0.3, -0.25) is 14.5 Å². The normalized spacial score (nSPS) is 15.3. The number of ether oxygens (including phenoxy) is 3. The summed E-state index contributed by atoms with van der Waals surface area (Å²) in [5.74, 6) is -2.39. The Morgan fingerprint density at radius 3 is 2.21 bits per heavy atom. The van der Waals surface area contributed by atoms with Gasteiger partial charge in [0.2, 0.25) is 5.91 Å². The van der Waals surface area contributed by atoms with Crippen LogP contribution in [0.15, 0.2) is 72.8 Å². The van der Waals surface area contributed by atoms with E-state index in [2.05, 4.69) is 5.32 Å². The summed E-state index contributed by atoms with van der Waals surface area (Å²) in [5, 5.41) is 2.86. The van der Waals surface area contributed by atoms with E-state index in [9.17, 15) is 23.2 Å². The van der Waals surface area contributed by atoms with E-state index in [-0.39, 0.29) is 29.6 Å². The molecule has 0 radical (unpaired) electrons. The first-order valence-corrected chi connectivity index (χ1v) is 12.4. The van der Waals surface area contributed by atoms with E-state index in [0.29, 0.717) is 12.2 Å². The van der Waals surface area contributed by atoms with Crippen molar-refractivity contribution in [3.05, 3.63) is 95.6 Å². The Morgan fingerprint density at radius 1 is 0.974 bits per heavy atom. The number of amides is 2. The molecule has 1 fully saturated rings. The number of nitrogens with zero attached hydrogens (tertiary/aromatic N) is 1. The zero-order chi connectivity index (χ0) is 27.8. The molecule has 0 bridgehead atoms. The van der Waals surface area contributed by atoms with Crippen LogP contribution in [0.25, 0.3) is 0 Å². The van der Waals surface area contributed by atoms with Gasteiger partial charge in [-0.25, -0.2) is 13.6 Å². The average Bonchev–Trinajstić information content (AvgIpc) is 3.48. The first-order valence-electron chi connectivity index (χ1n) is 12.4. The van der Waals surface area contributed by atoms with Gasteiger partial charge in [-0.05, 0) is 79.1 Å². The van der Waals surface area contributed by atoms with Crippen LogP contribution in [-0.4, -0.2) is 50.8 Å². The minimum absolute atomic E-state index is 0.145. The number of anilines is 1. The van der Waals surface area contributed by atoms with Crippen LogP contribution in [-0.2, 0) is 19.1 Å². The summed E-state index contributed by atoms with van der Waals surface area (Å²) in [6.45, 7) is 0.367. The number of methoxy groups -OCH3 is 1. The Labute approximate surface area is 224 Å². The molecule has 4 rings (SSSR count). The molecule has 3 aromatic carbocycles. The van der Waals surface area contributed by atoms with Crippen molar-refractivity contribution >= 4 is 23.5 Å². The van der Waals surface area contributed by atoms with Gasteiger partial charge in [0, 0.05) is 18.8 Å². The van der Waals surface area contributed by atoms with E-state index < -0.39 is 42.1 Å². The number of hydrogen-bond donors (Lipinski definition) is 1. The van der Waals surface area contributed by atoms with E-state index in [1.165, 1.54) is 72.7 Å². The lowest BCUT2D eigenvalue weighted by Gasteiger charge is -2.32. The largest absolute Gasteiger partial charge is 0.484 e. The number of rotatable bonds is 10. The van der Waals surface area contributed by atoms with Gasteiger partial charge in [-0.15, -0.1) is 0 Å². The monoisotopic (exact) mass is 538 g/mol. The fourth-order valence-corrected chi connectivity index (χ4v) is 4.24. The van der Waals surface area contributed by atoms with Crippen LogP contribution in [0.3, 0.4) is 0 Å². The van der Waals surface area contributed by atoms with Gasteiger partial charge in [-0.2, -0.15) is 0 Å². The van der Waals surface area contributed by atoms with E-state index in [1.807, 2.05) is 0 Å². The van der Waals surface area contributed by atoms with Gasteiger partial charge < -0.3 is 19.5 Å². The molecule has 10 heteroatoms. The summed E-state index contributed by atoms with van der Waals surface area (Å²) in [7, 11) is 1.26. The molecular weight excluding hydrogens is 510 g/mol. The fraction of sp³-hybridized carbons (Fsp3) is 0.276. The number of nitrogens with one attached hydrogen (secondary N) is 1. The average molecular weight is 539 g/mol. The van der Waals surface area contributed by atoms with Crippen LogP contribution in [0.2, 0.25) is 0 Å². The second kappa shape index (κ2) is 13.0. The molecule has 1 saturated heterocycles. The lowest BCUT2D eigenvalue weighted by Crippen LogP contribution is -2.47. The number of hydrogen-bond acceptors (Lipinski definition) is 6. The summed E-state index contributed by atoms with van der Waals surface area (Å²) in [6.07, 6.45) is 1.54. The molecule has 1 heterocycles. The van der Waals surface area contributed by atoms with Crippen LogP contribution in [0.4, 0.5) is 14.5 Å².